The molecule has 1 rings (SSSR count). The first-order valence-electron chi connectivity index (χ1n) is 8.52. The standard InChI is InChI=1S/C19H33N/c1-4-6-7-8-9-19(16-20-14-5-2)15-18-12-10-17(3)11-13-18/h10-13,19-20H,4-9,14-16H2,1-3H3. The molecule has 0 saturated carbocycles. The third-order valence-corrected chi connectivity index (χ3v) is 3.97. The van der Waals surface area contributed by atoms with Gasteiger partial charge in [0.2, 0.25) is 0 Å². The normalized spacial score (nSPS) is 12.6. The maximum atomic E-state index is 3.61. The molecule has 1 nitrogen and oxygen atoms in total. The highest BCUT2D eigenvalue weighted by Crippen LogP contribution is 2.16. The van der Waals surface area contributed by atoms with Crippen molar-refractivity contribution in [3.63, 3.8) is 0 Å². The third kappa shape index (κ3) is 7.69. The molecule has 1 N–H and O–H groups in total. The minimum absolute atomic E-state index is 0.793. The zero-order valence-electron chi connectivity index (χ0n) is 13.8. The molecule has 0 radical (unpaired) electrons. The minimum atomic E-state index is 0.793. The predicted molar refractivity (Wildman–Crippen MR) is 90.3 cm³/mol. The van der Waals surface area contributed by atoms with Crippen molar-refractivity contribution in [3.05, 3.63) is 35.4 Å². The molecule has 0 aromatic heterocycles. The highest BCUT2D eigenvalue weighted by Gasteiger charge is 2.09. The molecule has 0 heterocycles. The first kappa shape index (κ1) is 17.2. The van der Waals surface area contributed by atoms with Crippen molar-refractivity contribution in [1.82, 2.24) is 5.32 Å². The van der Waals surface area contributed by atoms with Crippen molar-refractivity contribution in [1.29, 1.82) is 0 Å². The molecule has 114 valence electrons. The van der Waals surface area contributed by atoms with Crippen LogP contribution in [0.3, 0.4) is 0 Å². The topological polar surface area (TPSA) is 12.0 Å². The van der Waals surface area contributed by atoms with Crippen molar-refractivity contribution in [3.8, 4) is 0 Å². The van der Waals surface area contributed by atoms with Gasteiger partial charge in [-0.1, -0.05) is 69.4 Å². The van der Waals surface area contributed by atoms with E-state index in [9.17, 15) is 0 Å². The fourth-order valence-corrected chi connectivity index (χ4v) is 2.68. The van der Waals surface area contributed by atoms with E-state index in [-0.39, 0.29) is 0 Å². The number of aryl methyl sites for hydroxylation is 1. The molecule has 0 spiro atoms. The van der Waals surface area contributed by atoms with E-state index in [1.165, 1.54) is 62.6 Å². The lowest BCUT2D eigenvalue weighted by Crippen LogP contribution is -2.25. The smallest absolute Gasteiger partial charge is 0.00173 e. The fourth-order valence-electron chi connectivity index (χ4n) is 2.68. The molecular weight excluding hydrogens is 242 g/mol. The average molecular weight is 275 g/mol. The van der Waals surface area contributed by atoms with Crippen molar-refractivity contribution in [2.24, 2.45) is 5.92 Å². The van der Waals surface area contributed by atoms with E-state index in [4.69, 9.17) is 0 Å². The number of unbranched alkanes of at least 4 members (excludes halogenated alkanes) is 3. The van der Waals surface area contributed by atoms with Crippen LogP contribution in [0.1, 0.15) is 63.5 Å². The maximum absolute atomic E-state index is 3.61. The lowest BCUT2D eigenvalue weighted by Gasteiger charge is -2.18. The number of hydrogen-bond acceptors (Lipinski definition) is 1. The van der Waals surface area contributed by atoms with E-state index in [0.717, 1.165) is 12.5 Å². The molecule has 0 aliphatic rings. The summed E-state index contributed by atoms with van der Waals surface area (Å²) in [6, 6.07) is 9.08. The summed E-state index contributed by atoms with van der Waals surface area (Å²) in [5.74, 6) is 0.793. The van der Waals surface area contributed by atoms with Crippen LogP contribution in [0, 0.1) is 12.8 Å². The van der Waals surface area contributed by atoms with Gasteiger partial charge in [-0.05, 0) is 50.8 Å². The first-order chi connectivity index (χ1) is 9.76. The largest absolute Gasteiger partial charge is 0.316 e. The Morgan fingerprint density at radius 1 is 0.950 bits per heavy atom. The Hall–Kier alpha value is -0.820. The lowest BCUT2D eigenvalue weighted by atomic mass is 9.93. The molecule has 1 heteroatoms. The van der Waals surface area contributed by atoms with Crippen LogP contribution in [0.5, 0.6) is 0 Å². The van der Waals surface area contributed by atoms with Crippen LogP contribution in [-0.4, -0.2) is 13.1 Å². The van der Waals surface area contributed by atoms with Gasteiger partial charge in [0.1, 0.15) is 0 Å². The summed E-state index contributed by atoms with van der Waals surface area (Å²) in [5, 5.41) is 3.61. The van der Waals surface area contributed by atoms with E-state index in [2.05, 4.69) is 50.4 Å². The first-order valence-corrected chi connectivity index (χ1v) is 8.52. The van der Waals surface area contributed by atoms with Gasteiger partial charge in [-0.3, -0.25) is 0 Å². The second kappa shape index (κ2) is 10.9. The number of benzene rings is 1. The number of rotatable bonds is 11. The zero-order chi connectivity index (χ0) is 14.6. The zero-order valence-corrected chi connectivity index (χ0v) is 13.8. The number of hydrogen-bond donors (Lipinski definition) is 1. The fraction of sp³-hybridized carbons (Fsp3) is 0.684. The summed E-state index contributed by atoms with van der Waals surface area (Å²) in [4.78, 5) is 0. The Morgan fingerprint density at radius 3 is 2.35 bits per heavy atom. The second-order valence-corrected chi connectivity index (χ2v) is 6.11. The molecule has 0 bridgehead atoms. The molecular formula is C19H33N. The van der Waals surface area contributed by atoms with Gasteiger partial charge in [-0.25, -0.2) is 0 Å². The van der Waals surface area contributed by atoms with E-state index >= 15 is 0 Å². The van der Waals surface area contributed by atoms with Gasteiger partial charge in [0, 0.05) is 0 Å². The van der Waals surface area contributed by atoms with Crippen molar-refractivity contribution in [2.45, 2.75) is 65.7 Å². The van der Waals surface area contributed by atoms with Crippen LogP contribution in [0.2, 0.25) is 0 Å². The molecule has 0 aliphatic heterocycles. The Bertz CT molecular complexity index is 328. The van der Waals surface area contributed by atoms with Crippen LogP contribution in [0.25, 0.3) is 0 Å². The van der Waals surface area contributed by atoms with E-state index < -0.39 is 0 Å². The molecule has 20 heavy (non-hydrogen) atoms. The Kier molecular flexibility index (Phi) is 9.40. The summed E-state index contributed by atoms with van der Waals surface area (Å²) in [5.41, 5.74) is 2.85. The van der Waals surface area contributed by atoms with Gasteiger partial charge in [0.05, 0.1) is 0 Å². The quantitative estimate of drug-likeness (QED) is 0.552. The summed E-state index contributed by atoms with van der Waals surface area (Å²) in [6.45, 7) is 9.01. The summed E-state index contributed by atoms with van der Waals surface area (Å²) >= 11 is 0. The van der Waals surface area contributed by atoms with E-state index in [1.54, 1.807) is 0 Å². The van der Waals surface area contributed by atoms with Gasteiger partial charge < -0.3 is 5.32 Å². The van der Waals surface area contributed by atoms with Crippen molar-refractivity contribution >= 4 is 0 Å². The summed E-state index contributed by atoms with van der Waals surface area (Å²) < 4.78 is 0. The molecule has 0 amide bonds. The monoisotopic (exact) mass is 275 g/mol. The van der Waals surface area contributed by atoms with Gasteiger partial charge in [0.25, 0.3) is 0 Å². The lowest BCUT2D eigenvalue weighted by molar-refractivity contribution is 0.421. The Morgan fingerprint density at radius 2 is 1.70 bits per heavy atom. The van der Waals surface area contributed by atoms with E-state index in [1.807, 2.05) is 0 Å². The SMILES string of the molecule is CCCCCCC(CNCCC)Cc1ccc(C)cc1. The summed E-state index contributed by atoms with van der Waals surface area (Å²) in [7, 11) is 0. The van der Waals surface area contributed by atoms with Gasteiger partial charge in [-0.2, -0.15) is 0 Å². The van der Waals surface area contributed by atoms with Crippen molar-refractivity contribution < 1.29 is 0 Å². The average Bonchev–Trinajstić information content (AvgIpc) is 2.46. The molecule has 1 aromatic rings. The van der Waals surface area contributed by atoms with Crippen LogP contribution in [0.4, 0.5) is 0 Å². The highest BCUT2D eigenvalue weighted by atomic mass is 14.8. The Balaban J connectivity index is 2.41. The van der Waals surface area contributed by atoms with Gasteiger partial charge >= 0.3 is 0 Å². The highest BCUT2D eigenvalue weighted by molar-refractivity contribution is 5.21. The molecule has 0 saturated heterocycles. The van der Waals surface area contributed by atoms with Gasteiger partial charge in [0.15, 0.2) is 0 Å². The predicted octanol–water partition coefficient (Wildman–Crippen LogP) is 5.12. The number of nitrogens with one attached hydrogen (secondary N) is 1. The molecule has 0 fully saturated rings. The minimum Gasteiger partial charge on any atom is -0.316 e. The third-order valence-electron chi connectivity index (χ3n) is 3.97. The van der Waals surface area contributed by atoms with Crippen LogP contribution >= 0.6 is 0 Å². The van der Waals surface area contributed by atoms with Gasteiger partial charge in [-0.15, -0.1) is 0 Å². The Labute approximate surface area is 126 Å². The van der Waals surface area contributed by atoms with E-state index in [0.29, 0.717) is 0 Å². The second-order valence-electron chi connectivity index (χ2n) is 6.11. The van der Waals surface area contributed by atoms with Crippen LogP contribution < -0.4 is 5.32 Å². The molecule has 1 unspecified atom stereocenters. The van der Waals surface area contributed by atoms with Crippen molar-refractivity contribution in [2.75, 3.05) is 13.1 Å². The summed E-state index contributed by atoms with van der Waals surface area (Å²) in [6.07, 6.45) is 9.32. The molecule has 0 aliphatic carbocycles. The van der Waals surface area contributed by atoms with Crippen LogP contribution in [-0.2, 0) is 6.42 Å². The maximum Gasteiger partial charge on any atom is -0.00173 e. The molecule has 1 aromatic carbocycles. The van der Waals surface area contributed by atoms with Crippen LogP contribution in [0.15, 0.2) is 24.3 Å². The molecule has 1 atom stereocenters.